The standard InChI is InChI=1S/C14H19Cl2FN2O/c1-7(19-13(20)12(18)14(2,3)4)10-8(15)5-6-9(17)11(10)16/h5-7,12H,18H2,1-4H3,(H,19,20)/t7?,12-/m1/s1. The summed E-state index contributed by atoms with van der Waals surface area (Å²) in [5.41, 5.74) is 5.85. The van der Waals surface area contributed by atoms with E-state index in [2.05, 4.69) is 5.32 Å². The van der Waals surface area contributed by atoms with Crippen molar-refractivity contribution in [1.82, 2.24) is 5.32 Å². The van der Waals surface area contributed by atoms with E-state index in [9.17, 15) is 9.18 Å². The van der Waals surface area contributed by atoms with Gasteiger partial charge in [-0.05, 0) is 24.5 Å². The van der Waals surface area contributed by atoms with Crippen LogP contribution >= 0.6 is 23.2 Å². The molecule has 0 spiro atoms. The van der Waals surface area contributed by atoms with E-state index in [0.717, 1.165) is 0 Å². The van der Waals surface area contributed by atoms with E-state index in [0.29, 0.717) is 10.6 Å². The van der Waals surface area contributed by atoms with Crippen molar-refractivity contribution in [3.05, 3.63) is 33.6 Å². The lowest BCUT2D eigenvalue weighted by molar-refractivity contribution is -0.125. The Morgan fingerprint density at radius 3 is 2.40 bits per heavy atom. The molecule has 3 N–H and O–H groups in total. The molecule has 0 fully saturated rings. The molecule has 1 aromatic carbocycles. The highest BCUT2D eigenvalue weighted by molar-refractivity contribution is 6.36. The molecule has 1 rings (SSSR count). The fraction of sp³-hybridized carbons (Fsp3) is 0.500. The number of nitrogens with one attached hydrogen (secondary N) is 1. The number of hydrogen-bond donors (Lipinski definition) is 2. The van der Waals surface area contributed by atoms with Crippen molar-refractivity contribution in [1.29, 1.82) is 0 Å². The van der Waals surface area contributed by atoms with Gasteiger partial charge in [0.25, 0.3) is 0 Å². The van der Waals surface area contributed by atoms with Gasteiger partial charge in [0.1, 0.15) is 5.82 Å². The highest BCUT2D eigenvalue weighted by Crippen LogP contribution is 2.32. The minimum atomic E-state index is -0.684. The number of carbonyl (C=O) groups is 1. The lowest BCUT2D eigenvalue weighted by Gasteiger charge is -2.28. The average Bonchev–Trinajstić information content (AvgIpc) is 2.32. The maximum absolute atomic E-state index is 13.5. The zero-order chi connectivity index (χ0) is 15.7. The van der Waals surface area contributed by atoms with Crippen LogP contribution in [0.15, 0.2) is 12.1 Å². The van der Waals surface area contributed by atoms with Crippen molar-refractivity contribution in [3.8, 4) is 0 Å². The Kier molecular flexibility index (Phi) is 5.41. The molecule has 0 aliphatic heterocycles. The molecule has 0 saturated carbocycles. The van der Waals surface area contributed by atoms with Gasteiger partial charge in [-0.25, -0.2) is 4.39 Å². The summed E-state index contributed by atoms with van der Waals surface area (Å²) in [6.07, 6.45) is 0. The molecule has 0 aromatic heterocycles. The van der Waals surface area contributed by atoms with Crippen molar-refractivity contribution >= 4 is 29.1 Å². The fourth-order valence-corrected chi connectivity index (χ4v) is 2.41. The summed E-state index contributed by atoms with van der Waals surface area (Å²) >= 11 is 11.9. The average molecular weight is 321 g/mol. The van der Waals surface area contributed by atoms with Crippen LogP contribution in [0.25, 0.3) is 0 Å². The largest absolute Gasteiger partial charge is 0.348 e. The molecule has 0 bridgehead atoms. The summed E-state index contributed by atoms with van der Waals surface area (Å²) in [6, 6.07) is 1.37. The Bertz CT molecular complexity index is 515. The zero-order valence-electron chi connectivity index (χ0n) is 11.9. The van der Waals surface area contributed by atoms with Crippen LogP contribution in [-0.2, 0) is 4.79 Å². The first kappa shape index (κ1) is 17.2. The van der Waals surface area contributed by atoms with E-state index < -0.39 is 17.9 Å². The minimum Gasteiger partial charge on any atom is -0.348 e. The third-order valence-corrected chi connectivity index (χ3v) is 3.80. The number of hydrogen-bond acceptors (Lipinski definition) is 2. The van der Waals surface area contributed by atoms with Crippen LogP contribution in [0.4, 0.5) is 4.39 Å². The molecule has 6 heteroatoms. The Balaban J connectivity index is 2.96. The molecule has 1 unspecified atom stereocenters. The second-order valence-corrected chi connectivity index (χ2v) is 6.62. The van der Waals surface area contributed by atoms with Gasteiger partial charge in [-0.15, -0.1) is 0 Å². The van der Waals surface area contributed by atoms with Crippen LogP contribution in [0.2, 0.25) is 10.0 Å². The molecule has 112 valence electrons. The van der Waals surface area contributed by atoms with E-state index in [4.69, 9.17) is 28.9 Å². The molecule has 0 aliphatic carbocycles. The van der Waals surface area contributed by atoms with Crippen LogP contribution < -0.4 is 11.1 Å². The highest BCUT2D eigenvalue weighted by atomic mass is 35.5. The molecule has 0 aliphatic rings. The summed E-state index contributed by atoms with van der Waals surface area (Å²) in [5, 5.41) is 2.92. The molecule has 1 aromatic rings. The molecule has 0 heterocycles. The molecule has 3 nitrogen and oxygen atoms in total. The summed E-state index contributed by atoms with van der Waals surface area (Å²) in [4.78, 5) is 12.1. The normalized spacial score (nSPS) is 14.8. The molecule has 20 heavy (non-hydrogen) atoms. The van der Waals surface area contributed by atoms with Gasteiger partial charge in [-0.3, -0.25) is 4.79 Å². The van der Waals surface area contributed by atoms with Gasteiger partial charge < -0.3 is 11.1 Å². The minimum absolute atomic E-state index is 0.0883. The fourth-order valence-electron chi connectivity index (χ4n) is 1.71. The maximum atomic E-state index is 13.5. The van der Waals surface area contributed by atoms with E-state index >= 15 is 0 Å². The Morgan fingerprint density at radius 1 is 1.35 bits per heavy atom. The number of rotatable bonds is 3. The van der Waals surface area contributed by atoms with Gasteiger partial charge >= 0.3 is 0 Å². The third kappa shape index (κ3) is 3.84. The lowest BCUT2D eigenvalue weighted by atomic mass is 9.86. The maximum Gasteiger partial charge on any atom is 0.237 e. The third-order valence-electron chi connectivity index (χ3n) is 3.09. The van der Waals surface area contributed by atoms with Crippen molar-refractivity contribution < 1.29 is 9.18 Å². The highest BCUT2D eigenvalue weighted by Gasteiger charge is 2.29. The van der Waals surface area contributed by atoms with Gasteiger partial charge in [-0.1, -0.05) is 44.0 Å². The van der Waals surface area contributed by atoms with Crippen LogP contribution in [0.3, 0.4) is 0 Å². The van der Waals surface area contributed by atoms with E-state index in [1.54, 1.807) is 6.92 Å². The predicted octanol–water partition coefficient (Wildman–Crippen LogP) is 3.68. The molecule has 0 saturated heterocycles. The molecular weight excluding hydrogens is 302 g/mol. The van der Waals surface area contributed by atoms with Crippen molar-refractivity contribution in [2.24, 2.45) is 11.1 Å². The SMILES string of the molecule is CC(NC(=O)[C@@H](N)C(C)(C)C)c1c(Cl)ccc(F)c1Cl. The summed E-state index contributed by atoms with van der Waals surface area (Å²) in [6.45, 7) is 7.28. The van der Waals surface area contributed by atoms with Crippen LogP contribution in [0.1, 0.15) is 39.3 Å². The van der Waals surface area contributed by atoms with E-state index in [-0.39, 0.29) is 16.3 Å². The van der Waals surface area contributed by atoms with Gasteiger partial charge in [0.15, 0.2) is 0 Å². The molecule has 2 atom stereocenters. The smallest absolute Gasteiger partial charge is 0.237 e. The van der Waals surface area contributed by atoms with Crippen LogP contribution in [0.5, 0.6) is 0 Å². The number of nitrogens with two attached hydrogens (primary N) is 1. The molecular formula is C14H19Cl2FN2O. The van der Waals surface area contributed by atoms with Gasteiger partial charge in [0, 0.05) is 10.6 Å². The Morgan fingerprint density at radius 2 is 1.90 bits per heavy atom. The van der Waals surface area contributed by atoms with E-state index in [1.807, 2.05) is 20.8 Å². The van der Waals surface area contributed by atoms with Crippen LogP contribution in [-0.4, -0.2) is 11.9 Å². The van der Waals surface area contributed by atoms with Gasteiger partial charge in [0.2, 0.25) is 5.91 Å². The summed E-state index contributed by atoms with van der Waals surface area (Å²) in [7, 11) is 0. The number of amides is 1. The predicted molar refractivity (Wildman–Crippen MR) is 80.4 cm³/mol. The molecule has 0 radical (unpaired) electrons. The van der Waals surface area contributed by atoms with Crippen molar-refractivity contribution in [3.63, 3.8) is 0 Å². The lowest BCUT2D eigenvalue weighted by Crippen LogP contribution is -2.49. The zero-order valence-corrected chi connectivity index (χ0v) is 13.4. The van der Waals surface area contributed by atoms with E-state index in [1.165, 1.54) is 12.1 Å². The monoisotopic (exact) mass is 320 g/mol. The van der Waals surface area contributed by atoms with Crippen molar-refractivity contribution in [2.45, 2.75) is 39.8 Å². The molecule has 1 amide bonds. The summed E-state index contributed by atoms with van der Waals surface area (Å²) < 4.78 is 13.5. The second kappa shape index (κ2) is 6.29. The van der Waals surface area contributed by atoms with Gasteiger partial charge in [0.05, 0.1) is 17.1 Å². The number of benzene rings is 1. The quantitative estimate of drug-likeness (QED) is 0.834. The van der Waals surface area contributed by atoms with Crippen molar-refractivity contribution in [2.75, 3.05) is 0 Å². The topological polar surface area (TPSA) is 55.1 Å². The summed E-state index contributed by atoms with van der Waals surface area (Å²) in [5.74, 6) is -0.909. The first-order valence-corrected chi connectivity index (χ1v) is 7.00. The number of carbonyl (C=O) groups excluding carboxylic acids is 1. The van der Waals surface area contributed by atoms with Crippen LogP contribution in [0, 0.1) is 11.2 Å². The number of halogens is 3. The van der Waals surface area contributed by atoms with Gasteiger partial charge in [-0.2, -0.15) is 0 Å². The Labute approximate surface area is 128 Å². The first-order valence-electron chi connectivity index (χ1n) is 6.25. The second-order valence-electron chi connectivity index (χ2n) is 5.83. The first-order chi connectivity index (χ1) is 9.05. The Hall–Kier alpha value is -0.840.